The molecule has 7 nitrogen and oxygen atoms in total. The molecule has 1 aliphatic heterocycles. The molecule has 28 heavy (non-hydrogen) atoms. The Balaban J connectivity index is 1.60. The second kappa shape index (κ2) is 8.23. The van der Waals surface area contributed by atoms with Crippen LogP contribution in [0.3, 0.4) is 0 Å². The van der Waals surface area contributed by atoms with Gasteiger partial charge in [-0.3, -0.25) is 4.72 Å². The van der Waals surface area contributed by atoms with Gasteiger partial charge in [-0.1, -0.05) is 12.1 Å². The van der Waals surface area contributed by atoms with Crippen LogP contribution in [-0.2, 0) is 20.5 Å². The lowest BCUT2D eigenvalue weighted by molar-refractivity contribution is -0.274. The summed E-state index contributed by atoms with van der Waals surface area (Å²) in [5.74, 6) is -0.664. The van der Waals surface area contributed by atoms with Gasteiger partial charge >= 0.3 is 6.36 Å². The average molecular weight is 417 g/mol. The number of anilines is 2. The monoisotopic (exact) mass is 417 g/mol. The Labute approximate surface area is 160 Å². The topological polar surface area (TPSA) is 80.8 Å². The van der Waals surface area contributed by atoms with Gasteiger partial charge in [-0.2, -0.15) is 0 Å². The van der Waals surface area contributed by atoms with Crippen LogP contribution in [0.25, 0.3) is 0 Å². The number of nitrogens with one attached hydrogen (secondary N) is 1. The van der Waals surface area contributed by atoms with E-state index in [1.807, 2.05) is 0 Å². The molecule has 0 saturated carbocycles. The number of morpholine rings is 1. The fourth-order valence-electron chi connectivity index (χ4n) is 2.66. The molecule has 2 heterocycles. The standard InChI is InChI=1S/C17H18F3N3O4S/c18-17(19,20)27-15-4-1-13(2-5-15)12-28(24,25)22-16-6-3-14(11-21-16)23-7-9-26-10-8-23/h1-6,11H,7-10,12H2,(H,21,22). The first-order valence-corrected chi connectivity index (χ1v) is 9.99. The minimum atomic E-state index is -4.80. The SMILES string of the molecule is O=S(=O)(Cc1ccc(OC(F)(F)F)cc1)Nc1ccc(N2CCOCC2)cn1. The van der Waals surface area contributed by atoms with Crippen molar-refractivity contribution in [1.29, 1.82) is 0 Å². The van der Waals surface area contributed by atoms with E-state index in [0.717, 1.165) is 30.9 Å². The zero-order chi connectivity index (χ0) is 20.2. The van der Waals surface area contributed by atoms with Gasteiger partial charge in [-0.25, -0.2) is 13.4 Å². The number of sulfonamides is 1. The first kappa shape index (κ1) is 20.2. The molecule has 11 heteroatoms. The number of aromatic nitrogens is 1. The summed E-state index contributed by atoms with van der Waals surface area (Å²) in [7, 11) is -3.78. The smallest absolute Gasteiger partial charge is 0.406 e. The number of nitrogens with zero attached hydrogens (tertiary/aromatic N) is 2. The number of hydrogen-bond acceptors (Lipinski definition) is 6. The van der Waals surface area contributed by atoms with Crippen LogP contribution >= 0.6 is 0 Å². The van der Waals surface area contributed by atoms with Crippen LogP contribution in [-0.4, -0.2) is 46.1 Å². The summed E-state index contributed by atoms with van der Waals surface area (Å²) < 4.78 is 72.4. The second-order valence-electron chi connectivity index (χ2n) is 6.05. The summed E-state index contributed by atoms with van der Waals surface area (Å²) in [6, 6.07) is 7.97. The van der Waals surface area contributed by atoms with E-state index < -0.39 is 27.9 Å². The van der Waals surface area contributed by atoms with E-state index >= 15 is 0 Å². The van der Waals surface area contributed by atoms with Crippen LogP contribution < -0.4 is 14.4 Å². The van der Waals surface area contributed by atoms with E-state index in [-0.39, 0.29) is 5.82 Å². The summed E-state index contributed by atoms with van der Waals surface area (Å²) in [6.45, 7) is 2.73. The van der Waals surface area contributed by atoms with Crippen molar-refractivity contribution >= 4 is 21.5 Å². The van der Waals surface area contributed by atoms with Gasteiger partial charge in [-0.05, 0) is 29.8 Å². The molecule has 0 bridgehead atoms. The number of benzene rings is 1. The predicted molar refractivity (Wildman–Crippen MR) is 96.6 cm³/mol. The highest BCUT2D eigenvalue weighted by atomic mass is 32.2. The normalized spacial score (nSPS) is 15.3. The van der Waals surface area contributed by atoms with Crippen LogP contribution in [0.5, 0.6) is 5.75 Å². The van der Waals surface area contributed by atoms with E-state index in [4.69, 9.17) is 4.74 Å². The maximum absolute atomic E-state index is 12.3. The van der Waals surface area contributed by atoms with Crippen molar-refractivity contribution in [3.8, 4) is 5.75 Å². The van der Waals surface area contributed by atoms with Gasteiger partial charge < -0.3 is 14.4 Å². The van der Waals surface area contributed by atoms with Crippen LogP contribution in [0.15, 0.2) is 42.6 Å². The van der Waals surface area contributed by atoms with Gasteiger partial charge in [0.15, 0.2) is 0 Å². The summed E-state index contributed by atoms with van der Waals surface area (Å²) >= 11 is 0. The Bertz CT molecular complexity index is 881. The minimum Gasteiger partial charge on any atom is -0.406 e. The molecule has 1 aromatic carbocycles. The third-order valence-corrected chi connectivity index (χ3v) is 5.13. The number of rotatable bonds is 6. The molecule has 1 aromatic heterocycles. The maximum Gasteiger partial charge on any atom is 0.573 e. The van der Waals surface area contributed by atoms with Crippen molar-refractivity contribution in [1.82, 2.24) is 4.98 Å². The fraction of sp³-hybridized carbons (Fsp3) is 0.353. The van der Waals surface area contributed by atoms with E-state index in [1.54, 1.807) is 18.3 Å². The Kier molecular flexibility index (Phi) is 5.94. The molecule has 1 fully saturated rings. The summed E-state index contributed by atoms with van der Waals surface area (Å²) in [5, 5.41) is 0. The van der Waals surface area contributed by atoms with Crippen molar-refractivity contribution in [3.05, 3.63) is 48.2 Å². The van der Waals surface area contributed by atoms with E-state index in [1.165, 1.54) is 12.1 Å². The summed E-state index contributed by atoms with van der Waals surface area (Å²) in [6.07, 6.45) is -3.22. The lowest BCUT2D eigenvalue weighted by Crippen LogP contribution is -2.36. The van der Waals surface area contributed by atoms with Crippen molar-refractivity contribution in [2.45, 2.75) is 12.1 Å². The maximum atomic E-state index is 12.3. The van der Waals surface area contributed by atoms with E-state index in [0.29, 0.717) is 18.8 Å². The van der Waals surface area contributed by atoms with Gasteiger partial charge in [0, 0.05) is 13.1 Å². The fourth-order valence-corrected chi connectivity index (χ4v) is 3.80. The third kappa shape index (κ3) is 5.99. The molecule has 3 rings (SSSR count). The van der Waals surface area contributed by atoms with Crippen molar-refractivity contribution in [3.63, 3.8) is 0 Å². The number of pyridine rings is 1. The zero-order valence-electron chi connectivity index (χ0n) is 14.6. The van der Waals surface area contributed by atoms with Gasteiger partial charge in [0.2, 0.25) is 10.0 Å². The number of alkyl halides is 3. The summed E-state index contributed by atoms with van der Waals surface area (Å²) in [5.41, 5.74) is 1.18. The lowest BCUT2D eigenvalue weighted by Gasteiger charge is -2.28. The van der Waals surface area contributed by atoms with E-state index in [2.05, 4.69) is 19.3 Å². The van der Waals surface area contributed by atoms with Crippen molar-refractivity contribution < 1.29 is 31.1 Å². The highest BCUT2D eigenvalue weighted by Crippen LogP contribution is 2.23. The quantitative estimate of drug-likeness (QED) is 0.779. The van der Waals surface area contributed by atoms with Crippen LogP contribution in [0.1, 0.15) is 5.56 Å². The number of hydrogen-bond donors (Lipinski definition) is 1. The molecule has 152 valence electrons. The predicted octanol–water partition coefficient (Wildman–Crippen LogP) is 2.76. The van der Waals surface area contributed by atoms with Gasteiger partial charge in [-0.15, -0.1) is 13.2 Å². The number of ether oxygens (including phenoxy) is 2. The van der Waals surface area contributed by atoms with Crippen molar-refractivity contribution in [2.24, 2.45) is 0 Å². The van der Waals surface area contributed by atoms with E-state index in [9.17, 15) is 21.6 Å². The molecule has 1 aliphatic rings. The molecule has 0 radical (unpaired) electrons. The molecule has 0 amide bonds. The Hall–Kier alpha value is -2.53. The van der Waals surface area contributed by atoms with Crippen molar-refractivity contribution in [2.75, 3.05) is 35.9 Å². The first-order valence-electron chi connectivity index (χ1n) is 8.34. The Morgan fingerprint density at radius 2 is 1.79 bits per heavy atom. The molecule has 1 N–H and O–H groups in total. The van der Waals surface area contributed by atoms with Gasteiger partial charge in [0.25, 0.3) is 0 Å². The molecule has 0 unspecified atom stereocenters. The number of halogens is 3. The zero-order valence-corrected chi connectivity index (χ0v) is 15.5. The van der Waals surface area contributed by atoms with Crippen LogP contribution in [0.4, 0.5) is 24.7 Å². The van der Waals surface area contributed by atoms with Crippen LogP contribution in [0.2, 0.25) is 0 Å². The molecule has 0 aliphatic carbocycles. The Morgan fingerprint density at radius 3 is 2.36 bits per heavy atom. The largest absolute Gasteiger partial charge is 0.573 e. The molecule has 0 spiro atoms. The lowest BCUT2D eigenvalue weighted by atomic mass is 10.2. The van der Waals surface area contributed by atoms with Gasteiger partial charge in [0.05, 0.1) is 30.9 Å². The first-order chi connectivity index (χ1) is 13.2. The summed E-state index contributed by atoms with van der Waals surface area (Å²) in [4.78, 5) is 6.20. The average Bonchev–Trinajstić information content (AvgIpc) is 2.63. The highest BCUT2D eigenvalue weighted by Gasteiger charge is 2.31. The Morgan fingerprint density at radius 1 is 1.11 bits per heavy atom. The van der Waals surface area contributed by atoms with Gasteiger partial charge in [0.1, 0.15) is 11.6 Å². The minimum absolute atomic E-state index is 0.161. The third-order valence-electron chi connectivity index (χ3n) is 3.90. The molecule has 2 aromatic rings. The molecule has 0 atom stereocenters. The molecular weight excluding hydrogens is 399 g/mol. The second-order valence-corrected chi connectivity index (χ2v) is 7.78. The highest BCUT2D eigenvalue weighted by molar-refractivity contribution is 7.91. The molecular formula is C17H18F3N3O4S. The van der Waals surface area contributed by atoms with Crippen LogP contribution in [0, 0.1) is 0 Å². The molecule has 1 saturated heterocycles.